The molecule has 3 aromatic rings. The van der Waals surface area contributed by atoms with Crippen molar-refractivity contribution >= 4 is 22.8 Å². The summed E-state index contributed by atoms with van der Waals surface area (Å²) in [7, 11) is 2.91. The van der Waals surface area contributed by atoms with Gasteiger partial charge in [0.2, 0.25) is 5.91 Å². The van der Waals surface area contributed by atoms with Gasteiger partial charge in [-0.15, -0.1) is 0 Å². The number of fused-ring (bicyclic) bond motifs is 1. The maximum absolute atomic E-state index is 13.2. The smallest absolute Gasteiger partial charge is 0.312 e. The van der Waals surface area contributed by atoms with Crippen molar-refractivity contribution in [3.8, 4) is 6.07 Å². The maximum Gasteiger partial charge on any atom is 0.332 e. The van der Waals surface area contributed by atoms with Gasteiger partial charge in [-0.1, -0.05) is 18.2 Å². The number of hydrogen-bond acceptors (Lipinski definition) is 5. The molecule has 0 aliphatic carbocycles. The zero-order valence-corrected chi connectivity index (χ0v) is 15.9. The molecule has 28 heavy (non-hydrogen) atoms. The normalized spacial score (nSPS) is 11.9. The number of aromatic nitrogens is 4. The number of rotatable bonds is 5. The number of imidazole rings is 1. The van der Waals surface area contributed by atoms with Crippen LogP contribution in [0.3, 0.4) is 0 Å². The first-order valence-corrected chi connectivity index (χ1v) is 8.74. The van der Waals surface area contributed by atoms with Crippen LogP contribution in [-0.2, 0) is 18.9 Å². The van der Waals surface area contributed by atoms with Crippen molar-refractivity contribution in [2.75, 3.05) is 11.4 Å². The van der Waals surface area contributed by atoms with Crippen LogP contribution < -0.4 is 16.1 Å². The zero-order chi connectivity index (χ0) is 20.4. The molecular weight excluding hydrogens is 360 g/mol. The van der Waals surface area contributed by atoms with Gasteiger partial charge in [-0.2, -0.15) is 5.26 Å². The molecule has 1 amide bonds. The van der Waals surface area contributed by atoms with E-state index in [2.05, 4.69) is 11.1 Å². The molecule has 0 aliphatic heterocycles. The van der Waals surface area contributed by atoms with Crippen LogP contribution in [0.1, 0.15) is 19.4 Å². The highest BCUT2D eigenvalue weighted by atomic mass is 16.2. The minimum Gasteiger partial charge on any atom is -0.312 e. The Bertz CT molecular complexity index is 1180. The van der Waals surface area contributed by atoms with Crippen molar-refractivity contribution in [2.45, 2.75) is 19.4 Å². The van der Waals surface area contributed by atoms with Gasteiger partial charge in [0.1, 0.15) is 6.04 Å². The number of para-hydroxylation sites is 1. The lowest BCUT2D eigenvalue weighted by molar-refractivity contribution is -0.121. The topological polar surface area (TPSA) is 106 Å². The lowest BCUT2D eigenvalue weighted by Crippen LogP contribution is -2.40. The van der Waals surface area contributed by atoms with E-state index in [0.29, 0.717) is 5.69 Å². The quantitative estimate of drug-likeness (QED) is 0.655. The standard InChI is InChI=1S/C19H20N6O3/c1-13(17(26)24(11-7-10-20)14-8-5-4-6-9-14)25-12-21-16-15(25)18(27)23(3)19(28)22(16)2/h4-6,8-9,12-13H,7,11H2,1-3H3. The zero-order valence-electron chi connectivity index (χ0n) is 15.9. The van der Waals surface area contributed by atoms with Gasteiger partial charge in [0.15, 0.2) is 11.2 Å². The van der Waals surface area contributed by atoms with E-state index in [1.807, 2.05) is 18.2 Å². The number of benzene rings is 1. The van der Waals surface area contributed by atoms with E-state index in [0.717, 1.165) is 4.57 Å². The van der Waals surface area contributed by atoms with Crippen LogP contribution >= 0.6 is 0 Å². The van der Waals surface area contributed by atoms with Crippen LogP contribution in [0.2, 0.25) is 0 Å². The highest BCUT2D eigenvalue weighted by Crippen LogP contribution is 2.21. The Labute approximate surface area is 160 Å². The Morgan fingerprint density at radius 3 is 2.54 bits per heavy atom. The minimum absolute atomic E-state index is 0.175. The van der Waals surface area contributed by atoms with Gasteiger partial charge in [0.05, 0.1) is 18.8 Å². The van der Waals surface area contributed by atoms with Crippen molar-refractivity contribution in [1.82, 2.24) is 18.7 Å². The lowest BCUT2D eigenvalue weighted by atomic mass is 10.2. The first kappa shape index (κ1) is 19.1. The highest BCUT2D eigenvalue weighted by Gasteiger charge is 2.26. The van der Waals surface area contributed by atoms with Gasteiger partial charge < -0.3 is 9.47 Å². The summed E-state index contributed by atoms with van der Waals surface area (Å²) in [5.41, 5.74) is 0.0642. The van der Waals surface area contributed by atoms with Gasteiger partial charge in [-0.05, 0) is 19.1 Å². The summed E-state index contributed by atoms with van der Waals surface area (Å²) in [5, 5.41) is 8.95. The van der Waals surface area contributed by atoms with Crippen LogP contribution in [0.15, 0.2) is 46.2 Å². The molecule has 0 fully saturated rings. The van der Waals surface area contributed by atoms with Gasteiger partial charge in [-0.3, -0.25) is 18.7 Å². The van der Waals surface area contributed by atoms with Crippen LogP contribution in [-0.4, -0.2) is 31.1 Å². The fraction of sp³-hybridized carbons (Fsp3) is 0.316. The van der Waals surface area contributed by atoms with E-state index in [1.54, 1.807) is 19.1 Å². The molecule has 0 N–H and O–H groups in total. The highest BCUT2D eigenvalue weighted by molar-refractivity contribution is 5.96. The van der Waals surface area contributed by atoms with Crippen LogP contribution in [0.4, 0.5) is 5.69 Å². The van der Waals surface area contributed by atoms with Gasteiger partial charge in [0.25, 0.3) is 5.56 Å². The summed E-state index contributed by atoms with van der Waals surface area (Å²) in [6, 6.07) is 10.3. The molecule has 0 saturated carbocycles. The van der Waals surface area contributed by atoms with Crippen molar-refractivity contribution in [3.05, 3.63) is 57.5 Å². The fourth-order valence-corrected chi connectivity index (χ4v) is 3.14. The molecule has 2 aromatic heterocycles. The maximum atomic E-state index is 13.2. The van der Waals surface area contributed by atoms with Crippen LogP contribution in [0.25, 0.3) is 11.2 Å². The predicted octanol–water partition coefficient (Wildman–Crippen LogP) is 0.942. The number of nitriles is 1. The Hall–Kier alpha value is -3.67. The third-order valence-electron chi connectivity index (χ3n) is 4.73. The Morgan fingerprint density at radius 1 is 1.21 bits per heavy atom. The fourth-order valence-electron chi connectivity index (χ4n) is 3.14. The van der Waals surface area contributed by atoms with Crippen LogP contribution in [0, 0.1) is 11.3 Å². The first-order chi connectivity index (χ1) is 13.4. The Balaban J connectivity index is 2.09. The monoisotopic (exact) mass is 380 g/mol. The summed E-state index contributed by atoms with van der Waals surface area (Å²) < 4.78 is 3.74. The molecular formula is C19H20N6O3. The molecule has 144 valence electrons. The molecule has 1 unspecified atom stereocenters. The summed E-state index contributed by atoms with van der Waals surface area (Å²) in [6.45, 7) is 1.89. The number of carbonyl (C=O) groups excluding carboxylic acids is 1. The van der Waals surface area contributed by atoms with Crippen LogP contribution in [0.5, 0.6) is 0 Å². The second-order valence-electron chi connectivity index (χ2n) is 6.44. The SMILES string of the molecule is CC(C(=O)N(CCC#N)c1ccccc1)n1cnc2c1c(=O)n(C)c(=O)n2C. The molecule has 0 aliphatic rings. The number of aryl methyl sites for hydroxylation is 1. The molecule has 1 aromatic carbocycles. The second kappa shape index (κ2) is 7.52. The minimum atomic E-state index is -0.755. The summed E-state index contributed by atoms with van der Waals surface area (Å²) in [6.07, 6.45) is 1.57. The van der Waals surface area contributed by atoms with E-state index in [9.17, 15) is 14.4 Å². The predicted molar refractivity (Wildman–Crippen MR) is 104 cm³/mol. The van der Waals surface area contributed by atoms with E-state index in [1.165, 1.54) is 34.5 Å². The number of nitrogens with zero attached hydrogens (tertiary/aromatic N) is 6. The Morgan fingerprint density at radius 2 is 1.89 bits per heavy atom. The van der Waals surface area contributed by atoms with Crippen molar-refractivity contribution in [3.63, 3.8) is 0 Å². The summed E-state index contributed by atoms with van der Waals surface area (Å²) in [5.74, 6) is -0.281. The van der Waals surface area contributed by atoms with Gasteiger partial charge in [-0.25, -0.2) is 9.78 Å². The Kier molecular flexibility index (Phi) is 5.13. The number of carbonyl (C=O) groups is 1. The van der Waals surface area contributed by atoms with Crippen molar-refractivity contribution in [1.29, 1.82) is 5.26 Å². The lowest BCUT2D eigenvalue weighted by Gasteiger charge is -2.26. The molecule has 0 saturated heterocycles. The average molecular weight is 380 g/mol. The van der Waals surface area contributed by atoms with E-state index < -0.39 is 17.3 Å². The molecule has 9 heteroatoms. The second-order valence-corrected chi connectivity index (χ2v) is 6.44. The molecule has 3 rings (SSSR count). The molecule has 0 bridgehead atoms. The third-order valence-corrected chi connectivity index (χ3v) is 4.73. The summed E-state index contributed by atoms with van der Waals surface area (Å²) in [4.78, 5) is 43.7. The van der Waals surface area contributed by atoms with E-state index in [4.69, 9.17) is 5.26 Å². The van der Waals surface area contributed by atoms with E-state index >= 15 is 0 Å². The van der Waals surface area contributed by atoms with Gasteiger partial charge >= 0.3 is 5.69 Å². The molecule has 0 spiro atoms. The first-order valence-electron chi connectivity index (χ1n) is 8.74. The summed E-state index contributed by atoms with van der Waals surface area (Å²) >= 11 is 0. The molecule has 0 radical (unpaired) electrons. The molecule has 9 nitrogen and oxygen atoms in total. The largest absolute Gasteiger partial charge is 0.332 e. The molecule has 1 atom stereocenters. The third kappa shape index (κ3) is 3.09. The number of amides is 1. The van der Waals surface area contributed by atoms with E-state index in [-0.39, 0.29) is 30.0 Å². The number of hydrogen-bond donors (Lipinski definition) is 0. The van der Waals surface area contributed by atoms with Crippen molar-refractivity contribution in [2.24, 2.45) is 14.1 Å². The van der Waals surface area contributed by atoms with Gasteiger partial charge in [0, 0.05) is 26.3 Å². The number of anilines is 1. The van der Waals surface area contributed by atoms with Crippen molar-refractivity contribution < 1.29 is 4.79 Å². The average Bonchev–Trinajstić information content (AvgIpc) is 3.16. The molecule has 2 heterocycles.